The van der Waals surface area contributed by atoms with Crippen LogP contribution in [0.5, 0.6) is 0 Å². The van der Waals surface area contributed by atoms with Crippen molar-refractivity contribution in [1.29, 1.82) is 0 Å². The first-order chi connectivity index (χ1) is 10.2. The van der Waals surface area contributed by atoms with Crippen LogP contribution in [0.3, 0.4) is 0 Å². The van der Waals surface area contributed by atoms with E-state index in [4.69, 9.17) is 5.84 Å². The summed E-state index contributed by atoms with van der Waals surface area (Å²) in [6.07, 6.45) is 2.32. The van der Waals surface area contributed by atoms with Crippen LogP contribution in [0.4, 0.5) is 5.82 Å². The lowest BCUT2D eigenvalue weighted by atomic mass is 10.0. The van der Waals surface area contributed by atoms with Crippen molar-refractivity contribution in [3.8, 4) is 0 Å². The van der Waals surface area contributed by atoms with E-state index in [-0.39, 0.29) is 0 Å². The molecule has 21 heavy (non-hydrogen) atoms. The zero-order valence-corrected chi connectivity index (χ0v) is 12.3. The second kappa shape index (κ2) is 6.20. The molecule has 3 rings (SSSR count). The third-order valence-electron chi connectivity index (χ3n) is 3.85. The minimum atomic E-state index is 0.674. The molecule has 5 nitrogen and oxygen atoms in total. The van der Waals surface area contributed by atoms with Gasteiger partial charge in [0, 0.05) is 18.3 Å². The predicted octanol–water partition coefficient (Wildman–Crippen LogP) is 2.02. The Hall–Kier alpha value is -1.98. The Bertz CT molecular complexity index is 626. The number of nitrogens with two attached hydrogens (primary N) is 1. The van der Waals surface area contributed by atoms with Crippen molar-refractivity contribution >= 4 is 5.82 Å². The van der Waals surface area contributed by atoms with Crippen LogP contribution in [0.15, 0.2) is 30.3 Å². The number of nitrogens with one attached hydrogen (secondary N) is 1. The summed E-state index contributed by atoms with van der Waals surface area (Å²) in [5.41, 5.74) is 6.42. The van der Waals surface area contributed by atoms with E-state index < -0.39 is 0 Å². The number of nitrogens with zero attached hydrogens (tertiary/aromatic N) is 3. The van der Waals surface area contributed by atoms with Gasteiger partial charge in [-0.3, -0.25) is 4.90 Å². The first-order valence-corrected chi connectivity index (χ1v) is 7.35. The third kappa shape index (κ3) is 3.37. The highest BCUT2D eigenvalue weighted by atomic mass is 15.3. The van der Waals surface area contributed by atoms with Gasteiger partial charge in [0.15, 0.2) is 0 Å². The number of hydrazine groups is 1. The van der Waals surface area contributed by atoms with Crippen molar-refractivity contribution in [2.45, 2.75) is 32.9 Å². The molecule has 3 N–H and O–H groups in total. The van der Waals surface area contributed by atoms with Crippen LogP contribution in [0.1, 0.15) is 29.1 Å². The lowest BCUT2D eigenvalue weighted by Crippen LogP contribution is -2.24. The Morgan fingerprint density at radius 1 is 1.24 bits per heavy atom. The van der Waals surface area contributed by atoms with Gasteiger partial charge in [-0.2, -0.15) is 0 Å². The lowest BCUT2D eigenvalue weighted by molar-refractivity contribution is 0.254. The van der Waals surface area contributed by atoms with E-state index in [0.717, 1.165) is 37.6 Å². The van der Waals surface area contributed by atoms with Crippen LogP contribution in [0.25, 0.3) is 0 Å². The van der Waals surface area contributed by atoms with Gasteiger partial charge in [0.25, 0.3) is 0 Å². The zero-order valence-electron chi connectivity index (χ0n) is 12.3. The van der Waals surface area contributed by atoms with Crippen LogP contribution in [-0.4, -0.2) is 21.4 Å². The molecule has 0 radical (unpaired) electrons. The summed E-state index contributed by atoms with van der Waals surface area (Å²) >= 11 is 0. The molecule has 5 heteroatoms. The maximum Gasteiger partial charge on any atom is 0.145 e. The normalized spacial score (nSPS) is 15.3. The molecule has 0 unspecified atom stereocenters. The monoisotopic (exact) mass is 283 g/mol. The minimum Gasteiger partial charge on any atom is -0.308 e. The number of nitrogen functional groups attached to an aromatic ring is 1. The van der Waals surface area contributed by atoms with Crippen LogP contribution < -0.4 is 11.3 Å². The third-order valence-corrected chi connectivity index (χ3v) is 3.85. The standard InChI is InChI=1S/C16H21N5/c1-12-9-15(20-17)19-16(18-12)11-21-8-4-7-13-5-2-3-6-14(13)10-21/h2-3,5-6,9H,4,7-8,10-11,17H2,1H3,(H,18,19,20). The second-order valence-corrected chi connectivity index (χ2v) is 5.54. The highest BCUT2D eigenvalue weighted by molar-refractivity contribution is 5.34. The predicted molar refractivity (Wildman–Crippen MR) is 83.5 cm³/mol. The van der Waals surface area contributed by atoms with E-state index in [1.807, 2.05) is 13.0 Å². The maximum atomic E-state index is 5.46. The van der Waals surface area contributed by atoms with E-state index >= 15 is 0 Å². The van der Waals surface area contributed by atoms with Gasteiger partial charge in [-0.25, -0.2) is 15.8 Å². The summed E-state index contributed by atoms with van der Waals surface area (Å²) in [6, 6.07) is 10.5. The number of anilines is 1. The molecule has 0 fully saturated rings. The van der Waals surface area contributed by atoms with Crippen LogP contribution in [0.2, 0.25) is 0 Å². The largest absolute Gasteiger partial charge is 0.308 e. The molecule has 1 aliphatic heterocycles. The Labute approximate surface area is 125 Å². The molecule has 2 aromatic rings. The zero-order chi connectivity index (χ0) is 14.7. The summed E-state index contributed by atoms with van der Waals surface area (Å²) in [7, 11) is 0. The van der Waals surface area contributed by atoms with Gasteiger partial charge in [0.05, 0.1) is 6.54 Å². The van der Waals surface area contributed by atoms with Gasteiger partial charge in [-0.1, -0.05) is 24.3 Å². The lowest BCUT2D eigenvalue weighted by Gasteiger charge is -2.20. The van der Waals surface area contributed by atoms with E-state index in [0.29, 0.717) is 5.82 Å². The quantitative estimate of drug-likeness (QED) is 0.666. The molecule has 0 spiro atoms. The molecule has 0 atom stereocenters. The van der Waals surface area contributed by atoms with Gasteiger partial charge < -0.3 is 5.43 Å². The molecule has 0 bridgehead atoms. The maximum absolute atomic E-state index is 5.46. The number of aryl methyl sites for hydroxylation is 2. The fourth-order valence-electron chi connectivity index (χ4n) is 2.88. The van der Waals surface area contributed by atoms with Gasteiger partial charge >= 0.3 is 0 Å². The van der Waals surface area contributed by atoms with E-state index in [2.05, 4.69) is 44.6 Å². The summed E-state index contributed by atoms with van der Waals surface area (Å²) in [5, 5.41) is 0. The average molecular weight is 283 g/mol. The molecule has 1 aromatic heterocycles. The second-order valence-electron chi connectivity index (χ2n) is 5.54. The molecular formula is C16H21N5. The molecule has 0 saturated carbocycles. The Balaban J connectivity index is 1.78. The summed E-state index contributed by atoms with van der Waals surface area (Å²) in [4.78, 5) is 11.4. The fraction of sp³-hybridized carbons (Fsp3) is 0.375. The molecule has 1 aromatic carbocycles. The van der Waals surface area contributed by atoms with Crippen molar-refractivity contribution in [3.05, 3.63) is 53.0 Å². The molecule has 2 heterocycles. The molecule has 0 aliphatic carbocycles. The SMILES string of the molecule is Cc1cc(NN)nc(CN2CCCc3ccccc3C2)n1. The number of benzene rings is 1. The average Bonchev–Trinajstić information content (AvgIpc) is 2.68. The number of hydrogen-bond donors (Lipinski definition) is 2. The molecule has 1 aliphatic rings. The Morgan fingerprint density at radius 3 is 2.86 bits per heavy atom. The molecule has 110 valence electrons. The number of hydrogen-bond acceptors (Lipinski definition) is 5. The minimum absolute atomic E-state index is 0.674. The highest BCUT2D eigenvalue weighted by Gasteiger charge is 2.15. The molecule has 0 saturated heterocycles. The number of fused-ring (bicyclic) bond motifs is 1. The topological polar surface area (TPSA) is 67.1 Å². The smallest absolute Gasteiger partial charge is 0.145 e. The van der Waals surface area contributed by atoms with Crippen LogP contribution >= 0.6 is 0 Å². The van der Waals surface area contributed by atoms with Gasteiger partial charge in [0.1, 0.15) is 11.6 Å². The highest BCUT2D eigenvalue weighted by Crippen LogP contribution is 2.19. The number of aromatic nitrogens is 2. The van der Waals surface area contributed by atoms with Crippen molar-refractivity contribution in [1.82, 2.24) is 14.9 Å². The first kappa shape index (κ1) is 14.0. The first-order valence-electron chi connectivity index (χ1n) is 7.35. The van der Waals surface area contributed by atoms with Crippen LogP contribution in [-0.2, 0) is 19.5 Å². The van der Waals surface area contributed by atoms with Crippen molar-refractivity contribution in [3.63, 3.8) is 0 Å². The molecular weight excluding hydrogens is 262 g/mol. The van der Waals surface area contributed by atoms with Crippen LogP contribution in [0, 0.1) is 6.92 Å². The number of rotatable bonds is 3. The van der Waals surface area contributed by atoms with Gasteiger partial charge in [0.2, 0.25) is 0 Å². The Kier molecular flexibility index (Phi) is 4.13. The van der Waals surface area contributed by atoms with E-state index in [1.54, 1.807) is 0 Å². The van der Waals surface area contributed by atoms with Crippen molar-refractivity contribution in [2.75, 3.05) is 12.0 Å². The summed E-state index contributed by atoms with van der Waals surface area (Å²) in [6.45, 7) is 4.74. The fourth-order valence-corrected chi connectivity index (χ4v) is 2.88. The summed E-state index contributed by atoms with van der Waals surface area (Å²) in [5.74, 6) is 6.95. The Morgan fingerprint density at radius 2 is 2.05 bits per heavy atom. The van der Waals surface area contributed by atoms with Gasteiger partial charge in [-0.15, -0.1) is 0 Å². The van der Waals surface area contributed by atoms with Gasteiger partial charge in [-0.05, 0) is 37.4 Å². The molecule has 0 amide bonds. The van der Waals surface area contributed by atoms with E-state index in [9.17, 15) is 0 Å². The van der Waals surface area contributed by atoms with Crippen molar-refractivity contribution < 1.29 is 0 Å². The van der Waals surface area contributed by atoms with E-state index in [1.165, 1.54) is 17.5 Å². The van der Waals surface area contributed by atoms with Crippen molar-refractivity contribution in [2.24, 2.45) is 5.84 Å². The summed E-state index contributed by atoms with van der Waals surface area (Å²) < 4.78 is 0.